The molecule has 2 aromatic carbocycles. The second-order valence-corrected chi connectivity index (χ2v) is 6.63. The molecule has 0 bridgehead atoms. The molecule has 1 heterocycles. The minimum atomic E-state index is -0.275. The predicted octanol–water partition coefficient (Wildman–Crippen LogP) is 4.06. The highest BCUT2D eigenvalue weighted by molar-refractivity contribution is 5.80. The number of carbonyl (C=O) groups is 1. The molecule has 0 N–H and O–H groups in total. The van der Waals surface area contributed by atoms with E-state index in [4.69, 9.17) is 4.74 Å². The lowest BCUT2D eigenvalue weighted by Crippen LogP contribution is -2.13. The molecular formula is C21H24FN3O2. The van der Waals surface area contributed by atoms with E-state index in [1.54, 1.807) is 17.7 Å². The smallest absolute Gasteiger partial charge is 0.306 e. The summed E-state index contributed by atoms with van der Waals surface area (Å²) in [6, 6.07) is 9.03. The summed E-state index contributed by atoms with van der Waals surface area (Å²) in [5.41, 5.74) is 5.22. The van der Waals surface area contributed by atoms with E-state index in [1.807, 2.05) is 39.1 Å². The van der Waals surface area contributed by atoms with Gasteiger partial charge >= 0.3 is 5.97 Å². The maximum absolute atomic E-state index is 14.0. The van der Waals surface area contributed by atoms with Crippen LogP contribution in [0, 0.1) is 12.7 Å². The molecule has 5 nitrogen and oxygen atoms in total. The van der Waals surface area contributed by atoms with Crippen LogP contribution in [-0.4, -0.2) is 27.6 Å². The first-order valence-electron chi connectivity index (χ1n) is 9.19. The molecule has 0 aliphatic rings. The Labute approximate surface area is 158 Å². The highest BCUT2D eigenvalue weighted by Crippen LogP contribution is 2.34. The summed E-state index contributed by atoms with van der Waals surface area (Å²) in [5, 5.41) is 8.34. The van der Waals surface area contributed by atoms with Crippen molar-refractivity contribution >= 4 is 17.0 Å². The SMILES string of the molecule is CCOC(=O)CC(c1ccc(F)c(CC)c1)c1ccc2c(nnn2C)c1C. The van der Waals surface area contributed by atoms with Gasteiger partial charge in [0.1, 0.15) is 11.3 Å². The number of aryl methyl sites for hydroxylation is 3. The van der Waals surface area contributed by atoms with Gasteiger partial charge in [-0.15, -0.1) is 5.10 Å². The molecule has 142 valence electrons. The molecule has 0 aliphatic heterocycles. The quantitative estimate of drug-likeness (QED) is 0.615. The molecule has 1 aromatic heterocycles. The summed E-state index contributed by atoms with van der Waals surface area (Å²) < 4.78 is 20.9. The second kappa shape index (κ2) is 7.86. The third-order valence-electron chi connectivity index (χ3n) is 4.98. The molecule has 0 aliphatic carbocycles. The lowest BCUT2D eigenvalue weighted by molar-refractivity contribution is -0.143. The fourth-order valence-electron chi connectivity index (χ4n) is 3.50. The topological polar surface area (TPSA) is 57.0 Å². The van der Waals surface area contributed by atoms with Crippen molar-refractivity contribution in [2.75, 3.05) is 6.61 Å². The van der Waals surface area contributed by atoms with Gasteiger partial charge in [-0.3, -0.25) is 4.79 Å². The second-order valence-electron chi connectivity index (χ2n) is 6.63. The summed E-state index contributed by atoms with van der Waals surface area (Å²) in [6.07, 6.45) is 0.781. The lowest BCUT2D eigenvalue weighted by atomic mass is 9.84. The minimum absolute atomic E-state index is 0.190. The standard InChI is InChI=1S/C21H24FN3O2/c1-5-14-11-15(7-9-18(14)22)17(12-20(26)27-6-2)16-8-10-19-21(13(16)3)23-24-25(19)4/h7-11,17H,5-6,12H2,1-4H3. The van der Waals surface area contributed by atoms with E-state index in [-0.39, 0.29) is 24.1 Å². The molecule has 0 radical (unpaired) electrons. The highest BCUT2D eigenvalue weighted by atomic mass is 19.1. The van der Waals surface area contributed by atoms with E-state index in [2.05, 4.69) is 10.3 Å². The average molecular weight is 369 g/mol. The van der Waals surface area contributed by atoms with Crippen molar-refractivity contribution in [1.82, 2.24) is 15.0 Å². The summed E-state index contributed by atoms with van der Waals surface area (Å²) in [4.78, 5) is 12.3. The van der Waals surface area contributed by atoms with Crippen LogP contribution in [-0.2, 0) is 23.0 Å². The molecule has 1 unspecified atom stereocenters. The van der Waals surface area contributed by atoms with E-state index in [1.165, 1.54) is 6.07 Å². The van der Waals surface area contributed by atoms with Crippen LogP contribution in [0.2, 0.25) is 0 Å². The minimum Gasteiger partial charge on any atom is -0.466 e. The number of esters is 1. The zero-order chi connectivity index (χ0) is 19.6. The van der Waals surface area contributed by atoms with Gasteiger partial charge in [0.05, 0.1) is 18.5 Å². The summed E-state index contributed by atoms with van der Waals surface area (Å²) in [6.45, 7) is 6.02. The van der Waals surface area contributed by atoms with Crippen LogP contribution in [0.15, 0.2) is 30.3 Å². The molecular weight excluding hydrogens is 345 g/mol. The number of fused-ring (bicyclic) bond motifs is 1. The summed E-state index contributed by atoms with van der Waals surface area (Å²) in [7, 11) is 1.85. The van der Waals surface area contributed by atoms with E-state index in [9.17, 15) is 9.18 Å². The van der Waals surface area contributed by atoms with Crippen molar-refractivity contribution in [3.05, 3.63) is 58.4 Å². The van der Waals surface area contributed by atoms with Gasteiger partial charge in [-0.2, -0.15) is 0 Å². The van der Waals surface area contributed by atoms with Crippen molar-refractivity contribution in [2.24, 2.45) is 7.05 Å². The average Bonchev–Trinajstić information content (AvgIpc) is 3.03. The third kappa shape index (κ3) is 3.70. The molecule has 3 aromatic rings. The number of rotatable bonds is 6. The fraction of sp³-hybridized carbons (Fsp3) is 0.381. The Hall–Kier alpha value is -2.76. The molecule has 0 spiro atoms. The molecule has 6 heteroatoms. The van der Waals surface area contributed by atoms with E-state index >= 15 is 0 Å². The highest BCUT2D eigenvalue weighted by Gasteiger charge is 2.23. The van der Waals surface area contributed by atoms with Gasteiger partial charge in [0, 0.05) is 13.0 Å². The number of aromatic nitrogens is 3. The van der Waals surface area contributed by atoms with Crippen LogP contribution >= 0.6 is 0 Å². The predicted molar refractivity (Wildman–Crippen MR) is 102 cm³/mol. The first-order chi connectivity index (χ1) is 13.0. The largest absolute Gasteiger partial charge is 0.466 e. The Balaban J connectivity index is 2.12. The number of hydrogen-bond acceptors (Lipinski definition) is 4. The molecule has 27 heavy (non-hydrogen) atoms. The maximum Gasteiger partial charge on any atom is 0.306 e. The third-order valence-corrected chi connectivity index (χ3v) is 4.98. The Kier molecular flexibility index (Phi) is 5.54. The molecule has 3 rings (SSSR count). The van der Waals surface area contributed by atoms with Crippen LogP contribution < -0.4 is 0 Å². The zero-order valence-corrected chi connectivity index (χ0v) is 16.1. The van der Waals surface area contributed by atoms with E-state index in [0.29, 0.717) is 18.6 Å². The Bertz CT molecular complexity index is 981. The summed E-state index contributed by atoms with van der Waals surface area (Å²) >= 11 is 0. The van der Waals surface area contributed by atoms with Gasteiger partial charge in [-0.05, 0) is 54.7 Å². The molecule has 0 saturated carbocycles. The maximum atomic E-state index is 14.0. The number of benzene rings is 2. The lowest BCUT2D eigenvalue weighted by Gasteiger charge is -2.20. The first kappa shape index (κ1) is 19.0. The van der Waals surface area contributed by atoms with Gasteiger partial charge in [0.15, 0.2) is 0 Å². The molecule has 0 fully saturated rings. The number of carbonyl (C=O) groups excluding carboxylic acids is 1. The van der Waals surface area contributed by atoms with Crippen LogP contribution in [0.4, 0.5) is 4.39 Å². The van der Waals surface area contributed by atoms with Crippen LogP contribution in [0.3, 0.4) is 0 Å². The van der Waals surface area contributed by atoms with Gasteiger partial charge in [-0.1, -0.05) is 30.3 Å². The van der Waals surface area contributed by atoms with Gasteiger partial charge in [-0.25, -0.2) is 9.07 Å². The van der Waals surface area contributed by atoms with Crippen molar-refractivity contribution in [3.63, 3.8) is 0 Å². The van der Waals surface area contributed by atoms with E-state index < -0.39 is 0 Å². The Morgan fingerprint density at radius 2 is 2.04 bits per heavy atom. The van der Waals surface area contributed by atoms with Crippen molar-refractivity contribution in [1.29, 1.82) is 0 Å². The van der Waals surface area contributed by atoms with Crippen molar-refractivity contribution in [3.8, 4) is 0 Å². The molecule has 1 atom stereocenters. The zero-order valence-electron chi connectivity index (χ0n) is 16.1. The summed E-state index contributed by atoms with van der Waals surface area (Å²) in [5.74, 6) is -0.734. The molecule has 0 amide bonds. The molecule has 0 saturated heterocycles. The van der Waals surface area contributed by atoms with Gasteiger partial charge < -0.3 is 4.74 Å². The van der Waals surface area contributed by atoms with E-state index in [0.717, 1.165) is 27.7 Å². The van der Waals surface area contributed by atoms with Gasteiger partial charge in [0.2, 0.25) is 0 Å². The number of nitrogens with zero attached hydrogens (tertiary/aromatic N) is 3. The monoisotopic (exact) mass is 369 g/mol. The van der Waals surface area contributed by atoms with Crippen molar-refractivity contribution < 1.29 is 13.9 Å². The van der Waals surface area contributed by atoms with Crippen molar-refractivity contribution in [2.45, 2.75) is 39.5 Å². The van der Waals surface area contributed by atoms with Gasteiger partial charge in [0.25, 0.3) is 0 Å². The Morgan fingerprint density at radius 1 is 1.26 bits per heavy atom. The number of ether oxygens (including phenoxy) is 1. The number of hydrogen-bond donors (Lipinski definition) is 0. The van der Waals surface area contributed by atoms with Crippen LogP contribution in [0.1, 0.15) is 48.4 Å². The van der Waals surface area contributed by atoms with Crippen LogP contribution in [0.5, 0.6) is 0 Å². The fourth-order valence-corrected chi connectivity index (χ4v) is 3.50. The Morgan fingerprint density at radius 3 is 2.74 bits per heavy atom. The first-order valence-corrected chi connectivity index (χ1v) is 9.19. The number of halogens is 1. The van der Waals surface area contributed by atoms with Crippen LogP contribution in [0.25, 0.3) is 11.0 Å². The normalized spacial score (nSPS) is 12.3.